The van der Waals surface area contributed by atoms with Crippen LogP contribution >= 0.6 is 11.8 Å². The topological polar surface area (TPSA) is 67.2 Å². The second kappa shape index (κ2) is 10.7. The highest BCUT2D eigenvalue weighted by Crippen LogP contribution is 2.46. The standard InChI is InChI=1S/C17H19NS.CH4N2O.CH4/c1-18-16-9-5-8-15(14-10-11-14)17(16)19-12-13-6-3-2-4-7-13;2-3-1-4;/h2-9,14,18H,10-12H2,1H3;1H,2H2,(H,3,4);1H4. The van der Waals surface area contributed by atoms with E-state index in [9.17, 15) is 0 Å². The Bertz CT molecular complexity index is 615. The van der Waals surface area contributed by atoms with Gasteiger partial charge in [-0.15, -0.1) is 11.8 Å². The maximum atomic E-state index is 8.94. The number of amides is 1. The Balaban J connectivity index is 0.000000522. The predicted octanol–water partition coefficient (Wildman–Crippen LogP) is 4.14. The molecule has 130 valence electrons. The summed E-state index contributed by atoms with van der Waals surface area (Å²) in [6.07, 6.45) is 3.11. The fourth-order valence-corrected chi connectivity index (χ4v) is 3.59. The maximum absolute atomic E-state index is 8.94. The van der Waals surface area contributed by atoms with Crippen molar-refractivity contribution in [3.8, 4) is 0 Å². The molecular formula is C19H27N3OS. The molecule has 24 heavy (non-hydrogen) atoms. The highest BCUT2D eigenvalue weighted by molar-refractivity contribution is 7.98. The van der Waals surface area contributed by atoms with Crippen LogP contribution in [-0.2, 0) is 10.5 Å². The molecular weight excluding hydrogens is 318 g/mol. The molecule has 0 saturated heterocycles. The zero-order chi connectivity index (χ0) is 16.5. The monoisotopic (exact) mass is 345 g/mol. The van der Waals surface area contributed by atoms with Crippen LogP contribution in [0.5, 0.6) is 0 Å². The molecule has 2 aromatic carbocycles. The molecule has 0 radical (unpaired) electrons. The van der Waals surface area contributed by atoms with Crippen molar-refractivity contribution < 1.29 is 4.79 Å². The van der Waals surface area contributed by atoms with Gasteiger partial charge in [-0.25, -0.2) is 5.84 Å². The molecule has 0 aliphatic heterocycles. The molecule has 0 atom stereocenters. The quantitative estimate of drug-likeness (QED) is 0.242. The smallest absolute Gasteiger partial charge is 0.221 e. The lowest BCUT2D eigenvalue weighted by Crippen LogP contribution is -2.18. The highest BCUT2D eigenvalue weighted by Gasteiger charge is 2.27. The van der Waals surface area contributed by atoms with E-state index in [1.807, 2.05) is 18.8 Å². The first-order valence-corrected chi connectivity index (χ1v) is 8.65. The minimum Gasteiger partial charge on any atom is -0.387 e. The van der Waals surface area contributed by atoms with Crippen molar-refractivity contribution in [2.24, 2.45) is 5.84 Å². The molecule has 0 spiro atoms. The molecule has 1 aliphatic rings. The van der Waals surface area contributed by atoms with Gasteiger partial charge in [0.05, 0.1) is 0 Å². The third-order valence-corrected chi connectivity index (χ3v) is 4.85. The van der Waals surface area contributed by atoms with Crippen molar-refractivity contribution in [3.05, 3.63) is 59.7 Å². The Morgan fingerprint density at radius 3 is 2.38 bits per heavy atom. The van der Waals surface area contributed by atoms with Gasteiger partial charge >= 0.3 is 0 Å². The van der Waals surface area contributed by atoms with Crippen LogP contribution in [0.4, 0.5) is 5.69 Å². The second-order valence-electron chi connectivity index (χ2n) is 5.31. The van der Waals surface area contributed by atoms with E-state index in [-0.39, 0.29) is 7.43 Å². The number of carbonyl (C=O) groups is 1. The van der Waals surface area contributed by atoms with Gasteiger partial charge in [-0.05, 0) is 36.0 Å². The summed E-state index contributed by atoms with van der Waals surface area (Å²) < 4.78 is 0. The number of thioether (sulfide) groups is 1. The maximum Gasteiger partial charge on any atom is 0.221 e. The van der Waals surface area contributed by atoms with Gasteiger partial charge < -0.3 is 5.32 Å². The van der Waals surface area contributed by atoms with E-state index in [4.69, 9.17) is 4.79 Å². The molecule has 1 fully saturated rings. The van der Waals surface area contributed by atoms with Crippen LogP contribution in [-0.4, -0.2) is 13.5 Å². The zero-order valence-electron chi connectivity index (χ0n) is 13.3. The van der Waals surface area contributed by atoms with Crippen LogP contribution in [0.2, 0.25) is 0 Å². The first kappa shape index (κ1) is 20.1. The van der Waals surface area contributed by atoms with Gasteiger partial charge in [0.1, 0.15) is 0 Å². The van der Waals surface area contributed by atoms with Crippen molar-refractivity contribution in [1.29, 1.82) is 0 Å². The van der Waals surface area contributed by atoms with Gasteiger partial charge in [0.2, 0.25) is 6.41 Å². The molecule has 0 heterocycles. The third-order valence-electron chi connectivity index (χ3n) is 3.63. The molecule has 0 bridgehead atoms. The zero-order valence-corrected chi connectivity index (χ0v) is 14.1. The molecule has 1 aliphatic carbocycles. The fourth-order valence-electron chi connectivity index (χ4n) is 2.36. The van der Waals surface area contributed by atoms with Crippen molar-refractivity contribution in [3.63, 3.8) is 0 Å². The van der Waals surface area contributed by atoms with Gasteiger partial charge in [-0.1, -0.05) is 49.9 Å². The van der Waals surface area contributed by atoms with E-state index < -0.39 is 0 Å². The minimum absolute atomic E-state index is 0. The number of nitrogens with one attached hydrogen (secondary N) is 2. The second-order valence-corrected chi connectivity index (χ2v) is 6.29. The van der Waals surface area contributed by atoms with Crippen LogP contribution in [0.1, 0.15) is 37.3 Å². The van der Waals surface area contributed by atoms with E-state index in [1.165, 1.54) is 34.6 Å². The van der Waals surface area contributed by atoms with Crippen molar-refractivity contribution in [1.82, 2.24) is 5.43 Å². The number of benzene rings is 2. The normalized spacial score (nSPS) is 12.2. The summed E-state index contributed by atoms with van der Waals surface area (Å²) in [5.74, 6) is 6.25. The summed E-state index contributed by atoms with van der Waals surface area (Å²) in [4.78, 5) is 10.4. The van der Waals surface area contributed by atoms with E-state index in [2.05, 4.69) is 59.7 Å². The predicted molar refractivity (Wildman–Crippen MR) is 104 cm³/mol. The number of anilines is 1. The Labute approximate surface area is 149 Å². The van der Waals surface area contributed by atoms with Crippen molar-refractivity contribution in [2.75, 3.05) is 12.4 Å². The Kier molecular flexibility index (Phi) is 8.97. The van der Waals surface area contributed by atoms with Gasteiger partial charge in [-0.2, -0.15) is 0 Å². The summed E-state index contributed by atoms with van der Waals surface area (Å²) in [5, 5.41) is 3.33. The number of carbonyl (C=O) groups excluding carboxylic acids is 1. The van der Waals surface area contributed by atoms with Crippen LogP contribution < -0.4 is 16.6 Å². The van der Waals surface area contributed by atoms with E-state index in [0.29, 0.717) is 6.41 Å². The highest BCUT2D eigenvalue weighted by atomic mass is 32.2. The third kappa shape index (κ3) is 5.91. The SMILES string of the molecule is C.CNc1cccc(C2CC2)c1SCc1ccccc1.NNC=O. The van der Waals surface area contributed by atoms with Gasteiger partial charge in [0, 0.05) is 23.4 Å². The van der Waals surface area contributed by atoms with E-state index >= 15 is 0 Å². The molecule has 1 saturated carbocycles. The molecule has 4 N–H and O–H groups in total. The molecule has 1 amide bonds. The molecule has 5 heteroatoms. The number of rotatable bonds is 6. The Morgan fingerprint density at radius 2 is 1.83 bits per heavy atom. The minimum atomic E-state index is 0. The summed E-state index contributed by atoms with van der Waals surface area (Å²) >= 11 is 1.96. The first-order chi connectivity index (χ1) is 11.3. The first-order valence-electron chi connectivity index (χ1n) is 7.67. The van der Waals surface area contributed by atoms with Crippen LogP contribution in [0.3, 0.4) is 0 Å². The average Bonchev–Trinajstić information content (AvgIpc) is 3.45. The van der Waals surface area contributed by atoms with Crippen molar-refractivity contribution >= 4 is 23.9 Å². The number of hydrazine groups is 1. The molecule has 3 rings (SSSR count). The lowest BCUT2D eigenvalue weighted by molar-refractivity contribution is -0.109. The molecule has 2 aromatic rings. The number of hydrogen-bond acceptors (Lipinski definition) is 4. The van der Waals surface area contributed by atoms with Crippen LogP contribution in [0.15, 0.2) is 53.4 Å². The van der Waals surface area contributed by atoms with Crippen molar-refractivity contribution in [2.45, 2.75) is 36.8 Å². The van der Waals surface area contributed by atoms with E-state index in [0.717, 1.165) is 11.7 Å². The van der Waals surface area contributed by atoms with Gasteiger partial charge in [0.15, 0.2) is 0 Å². The lowest BCUT2D eigenvalue weighted by atomic mass is 10.1. The number of hydrogen-bond donors (Lipinski definition) is 3. The summed E-state index contributed by atoms with van der Waals surface area (Å²) in [7, 11) is 2.01. The van der Waals surface area contributed by atoms with Crippen LogP contribution in [0, 0.1) is 0 Å². The molecule has 0 aromatic heterocycles. The number of nitrogens with two attached hydrogens (primary N) is 1. The largest absolute Gasteiger partial charge is 0.387 e. The van der Waals surface area contributed by atoms with E-state index in [1.54, 1.807) is 5.43 Å². The lowest BCUT2D eigenvalue weighted by Gasteiger charge is -2.14. The molecule has 4 nitrogen and oxygen atoms in total. The fraction of sp³-hybridized carbons (Fsp3) is 0.316. The average molecular weight is 346 g/mol. The van der Waals surface area contributed by atoms with Gasteiger partial charge in [0.25, 0.3) is 0 Å². The summed E-state index contributed by atoms with van der Waals surface area (Å²) in [5.41, 5.74) is 5.94. The summed E-state index contributed by atoms with van der Waals surface area (Å²) in [6.45, 7) is 0. The Morgan fingerprint density at radius 1 is 1.17 bits per heavy atom. The van der Waals surface area contributed by atoms with Crippen LogP contribution in [0.25, 0.3) is 0 Å². The Hall–Kier alpha value is -1.98. The molecule has 0 unspecified atom stereocenters. The summed E-state index contributed by atoms with van der Waals surface area (Å²) in [6, 6.07) is 17.4. The van der Waals surface area contributed by atoms with Gasteiger partial charge in [-0.3, -0.25) is 10.2 Å².